The zero-order chi connectivity index (χ0) is 23.2. The fourth-order valence-electron chi connectivity index (χ4n) is 3.34. The first-order valence-electron chi connectivity index (χ1n) is 10.4. The maximum atomic E-state index is 14.5. The molecule has 4 aromatic rings. The Labute approximate surface area is 199 Å². The molecule has 0 saturated carbocycles. The summed E-state index contributed by atoms with van der Waals surface area (Å²) in [5.41, 5.74) is 3.73. The second-order valence-corrected chi connectivity index (χ2v) is 8.37. The van der Waals surface area contributed by atoms with Crippen molar-refractivity contribution in [2.75, 3.05) is 11.9 Å². The molecular weight excluding hydrogens is 485 g/mol. The van der Waals surface area contributed by atoms with Crippen molar-refractivity contribution < 1.29 is 19.0 Å². The van der Waals surface area contributed by atoms with E-state index in [9.17, 15) is 14.3 Å². The number of ether oxygens (including phenoxy) is 1. The van der Waals surface area contributed by atoms with Crippen molar-refractivity contribution in [3.63, 3.8) is 0 Å². The predicted molar refractivity (Wildman–Crippen MR) is 131 cm³/mol. The first kappa shape index (κ1) is 22.6. The van der Waals surface area contributed by atoms with Crippen molar-refractivity contribution in [2.45, 2.75) is 6.42 Å². The largest absolute Gasteiger partial charge is 0.508 e. The smallest absolute Gasteiger partial charge is 0.255 e. The van der Waals surface area contributed by atoms with Gasteiger partial charge in [0.05, 0.1) is 6.61 Å². The van der Waals surface area contributed by atoms with E-state index in [0.717, 1.165) is 21.2 Å². The minimum atomic E-state index is -0.537. The Kier molecular flexibility index (Phi) is 7.05. The zero-order valence-electron chi connectivity index (χ0n) is 17.6. The Morgan fingerprint density at radius 2 is 1.61 bits per heavy atom. The second-order valence-electron chi connectivity index (χ2n) is 7.45. The highest BCUT2D eigenvalue weighted by Crippen LogP contribution is 2.24. The van der Waals surface area contributed by atoms with Crippen LogP contribution >= 0.6 is 15.9 Å². The monoisotopic (exact) mass is 505 g/mol. The van der Waals surface area contributed by atoms with Crippen LogP contribution in [0.3, 0.4) is 0 Å². The highest BCUT2D eigenvalue weighted by Gasteiger charge is 2.10. The Hall–Kier alpha value is -3.64. The number of rotatable bonds is 7. The summed E-state index contributed by atoms with van der Waals surface area (Å²) in [6, 6.07) is 26.1. The van der Waals surface area contributed by atoms with E-state index >= 15 is 0 Å². The summed E-state index contributed by atoms with van der Waals surface area (Å²) in [5, 5.41) is 12.1. The van der Waals surface area contributed by atoms with Crippen LogP contribution in [0.1, 0.15) is 15.9 Å². The first-order valence-corrected chi connectivity index (χ1v) is 11.1. The molecule has 0 saturated heterocycles. The van der Waals surface area contributed by atoms with E-state index in [1.807, 2.05) is 36.4 Å². The van der Waals surface area contributed by atoms with Gasteiger partial charge in [0, 0.05) is 28.2 Å². The predicted octanol–water partition coefficient (Wildman–Crippen LogP) is 6.83. The molecule has 2 N–H and O–H groups in total. The van der Waals surface area contributed by atoms with Crippen LogP contribution in [0.25, 0.3) is 11.1 Å². The van der Waals surface area contributed by atoms with Gasteiger partial charge in [-0.25, -0.2) is 4.39 Å². The van der Waals surface area contributed by atoms with E-state index in [1.165, 1.54) is 12.1 Å². The lowest BCUT2D eigenvalue weighted by Gasteiger charge is -2.10. The minimum absolute atomic E-state index is 0.140. The highest BCUT2D eigenvalue weighted by molar-refractivity contribution is 9.10. The van der Waals surface area contributed by atoms with E-state index in [2.05, 4.69) is 21.2 Å². The number of phenols is 1. The molecule has 166 valence electrons. The number of nitrogens with one attached hydrogen (secondary N) is 1. The van der Waals surface area contributed by atoms with Crippen molar-refractivity contribution in [2.24, 2.45) is 0 Å². The second kappa shape index (κ2) is 10.3. The standard InChI is InChI=1S/C27H21BrFNO3/c28-22-3-1-2-18(16-22)14-15-33-26-13-10-23(17-25(26)29)30-27(32)21-6-4-19(5-7-21)20-8-11-24(31)12-9-20/h1-13,16-17,31H,14-15H2,(H,30,32). The Morgan fingerprint density at radius 3 is 2.27 bits per heavy atom. The van der Waals surface area contributed by atoms with Gasteiger partial charge >= 0.3 is 0 Å². The van der Waals surface area contributed by atoms with Gasteiger partial charge in [0.2, 0.25) is 0 Å². The van der Waals surface area contributed by atoms with Crippen LogP contribution in [0.2, 0.25) is 0 Å². The topological polar surface area (TPSA) is 58.6 Å². The summed E-state index contributed by atoms with van der Waals surface area (Å²) in [6.07, 6.45) is 0.650. The lowest BCUT2D eigenvalue weighted by atomic mass is 10.0. The molecule has 0 atom stereocenters. The normalized spacial score (nSPS) is 10.6. The number of hydrogen-bond acceptors (Lipinski definition) is 3. The van der Waals surface area contributed by atoms with Crippen molar-refractivity contribution in [1.82, 2.24) is 0 Å². The number of phenolic OH excluding ortho intramolecular Hbond substituents is 1. The van der Waals surface area contributed by atoms with Gasteiger partial charge in [0.15, 0.2) is 11.6 Å². The lowest BCUT2D eigenvalue weighted by Crippen LogP contribution is -2.12. The van der Waals surface area contributed by atoms with E-state index in [0.29, 0.717) is 24.3 Å². The van der Waals surface area contributed by atoms with Crippen LogP contribution in [0, 0.1) is 5.82 Å². The molecule has 4 aromatic carbocycles. The quantitative estimate of drug-likeness (QED) is 0.289. The summed E-state index contributed by atoms with van der Waals surface area (Å²) in [6.45, 7) is 0.340. The van der Waals surface area contributed by atoms with Crippen molar-refractivity contribution in [3.8, 4) is 22.6 Å². The van der Waals surface area contributed by atoms with Crippen LogP contribution in [-0.2, 0) is 6.42 Å². The van der Waals surface area contributed by atoms with Gasteiger partial charge < -0.3 is 15.2 Å². The molecule has 0 aliphatic rings. The number of carbonyl (C=O) groups is 1. The molecule has 0 unspecified atom stereocenters. The van der Waals surface area contributed by atoms with Crippen LogP contribution in [0.5, 0.6) is 11.5 Å². The first-order chi connectivity index (χ1) is 16.0. The summed E-state index contributed by atoms with van der Waals surface area (Å²) >= 11 is 3.43. The number of amides is 1. The van der Waals surface area contributed by atoms with Crippen LogP contribution in [-0.4, -0.2) is 17.6 Å². The molecule has 6 heteroatoms. The van der Waals surface area contributed by atoms with Gasteiger partial charge in [-0.2, -0.15) is 0 Å². The molecule has 0 aromatic heterocycles. The van der Waals surface area contributed by atoms with Crippen molar-refractivity contribution in [3.05, 3.63) is 112 Å². The van der Waals surface area contributed by atoms with E-state index in [4.69, 9.17) is 4.74 Å². The summed E-state index contributed by atoms with van der Waals surface area (Å²) < 4.78 is 21.0. The number of carbonyl (C=O) groups excluding carboxylic acids is 1. The summed E-state index contributed by atoms with van der Waals surface area (Å²) in [4.78, 5) is 12.6. The third kappa shape index (κ3) is 5.99. The van der Waals surface area contributed by atoms with Gasteiger partial charge in [0.25, 0.3) is 5.91 Å². The number of halogens is 2. The number of hydrogen-bond donors (Lipinski definition) is 2. The van der Waals surface area contributed by atoms with E-state index in [-0.39, 0.29) is 17.4 Å². The SMILES string of the molecule is O=C(Nc1ccc(OCCc2cccc(Br)c2)c(F)c1)c1ccc(-c2ccc(O)cc2)cc1. The minimum Gasteiger partial charge on any atom is -0.508 e. The molecule has 4 nitrogen and oxygen atoms in total. The molecule has 0 fully saturated rings. The maximum Gasteiger partial charge on any atom is 0.255 e. The van der Waals surface area contributed by atoms with Crippen molar-refractivity contribution in [1.29, 1.82) is 0 Å². The fraction of sp³-hybridized carbons (Fsp3) is 0.0741. The van der Waals surface area contributed by atoms with Crippen LogP contribution < -0.4 is 10.1 Å². The molecule has 0 bridgehead atoms. The highest BCUT2D eigenvalue weighted by atomic mass is 79.9. The molecule has 0 radical (unpaired) electrons. The van der Waals surface area contributed by atoms with E-state index < -0.39 is 5.82 Å². The van der Waals surface area contributed by atoms with Gasteiger partial charge in [-0.05, 0) is 65.2 Å². The Bertz CT molecular complexity index is 1260. The number of benzene rings is 4. The van der Waals surface area contributed by atoms with Crippen LogP contribution in [0.15, 0.2) is 95.5 Å². The molecule has 0 spiro atoms. The molecule has 0 aliphatic carbocycles. The Balaban J connectivity index is 1.35. The van der Waals surface area contributed by atoms with Gasteiger partial charge in [-0.3, -0.25) is 4.79 Å². The third-order valence-electron chi connectivity index (χ3n) is 5.07. The molecule has 1 amide bonds. The molecule has 33 heavy (non-hydrogen) atoms. The van der Waals surface area contributed by atoms with Crippen molar-refractivity contribution >= 4 is 27.5 Å². The zero-order valence-corrected chi connectivity index (χ0v) is 19.2. The van der Waals surface area contributed by atoms with Crippen LogP contribution in [0.4, 0.5) is 10.1 Å². The molecule has 4 rings (SSSR count). The Morgan fingerprint density at radius 1 is 0.909 bits per heavy atom. The molecular formula is C27H21BrFNO3. The van der Waals surface area contributed by atoms with Gasteiger partial charge in [-0.1, -0.05) is 52.3 Å². The summed E-state index contributed by atoms with van der Waals surface area (Å²) in [5.74, 6) is -0.538. The third-order valence-corrected chi connectivity index (χ3v) is 5.57. The van der Waals surface area contributed by atoms with Gasteiger partial charge in [0.1, 0.15) is 5.75 Å². The van der Waals surface area contributed by atoms with E-state index in [1.54, 1.807) is 42.5 Å². The average molecular weight is 506 g/mol. The molecule has 0 heterocycles. The number of aromatic hydroxyl groups is 1. The lowest BCUT2D eigenvalue weighted by molar-refractivity contribution is 0.102. The number of anilines is 1. The molecule has 0 aliphatic heterocycles. The fourth-order valence-corrected chi connectivity index (χ4v) is 3.78. The average Bonchev–Trinajstić information content (AvgIpc) is 2.81. The maximum absolute atomic E-state index is 14.5. The van der Waals surface area contributed by atoms with Gasteiger partial charge in [-0.15, -0.1) is 0 Å². The summed E-state index contributed by atoms with van der Waals surface area (Å²) in [7, 11) is 0.